The Bertz CT molecular complexity index is 866. The third-order valence-corrected chi connectivity index (χ3v) is 5.71. The van der Waals surface area contributed by atoms with Gasteiger partial charge in [-0.3, -0.25) is 24.6 Å². The van der Waals surface area contributed by atoms with Crippen LogP contribution >= 0.6 is 11.6 Å². The molecule has 1 aliphatic heterocycles. The van der Waals surface area contributed by atoms with E-state index >= 15 is 0 Å². The molecule has 0 spiro atoms. The Kier molecular flexibility index (Phi) is 10.3. The molecule has 1 aromatic carbocycles. The number of rotatable bonds is 12. The molecule has 0 aromatic heterocycles. The van der Waals surface area contributed by atoms with Crippen molar-refractivity contribution in [1.82, 2.24) is 15.5 Å². The number of hydrogen-bond donors (Lipinski definition) is 5. The van der Waals surface area contributed by atoms with E-state index in [2.05, 4.69) is 10.6 Å². The molecule has 1 fully saturated rings. The highest BCUT2D eigenvalue weighted by atomic mass is 35.5. The van der Waals surface area contributed by atoms with Crippen molar-refractivity contribution < 1.29 is 19.2 Å². The van der Waals surface area contributed by atoms with Crippen molar-refractivity contribution in [3.05, 3.63) is 35.9 Å². The summed E-state index contributed by atoms with van der Waals surface area (Å²) in [4.78, 5) is 51.7. The molecule has 0 radical (unpaired) electrons. The molecule has 3 unspecified atom stereocenters. The average Bonchev–Trinajstić information content (AvgIpc) is 3.30. The molecule has 11 heteroatoms. The Balaban J connectivity index is 2.03. The number of benzene rings is 1. The van der Waals surface area contributed by atoms with Gasteiger partial charge in [0.2, 0.25) is 23.4 Å². The van der Waals surface area contributed by atoms with Crippen LogP contribution in [0.5, 0.6) is 0 Å². The molecule has 2 rings (SSSR count). The maximum atomic E-state index is 13.0. The largest absolute Gasteiger partial charge is 0.370 e. The lowest BCUT2D eigenvalue weighted by molar-refractivity contribution is -0.141. The van der Waals surface area contributed by atoms with E-state index in [1.54, 1.807) is 0 Å². The van der Waals surface area contributed by atoms with Gasteiger partial charge in [0, 0.05) is 13.1 Å². The SMILES string of the molecule is N=C(N)NCCCC(NC(=O)C1CCCN1C(=O)C(N)Cc1ccccc1)C(=O)C(=O)CCl. The lowest BCUT2D eigenvalue weighted by atomic mass is 10.0. The van der Waals surface area contributed by atoms with Crippen molar-refractivity contribution in [3.63, 3.8) is 0 Å². The van der Waals surface area contributed by atoms with E-state index in [1.807, 2.05) is 30.3 Å². The molecule has 0 aliphatic carbocycles. The highest BCUT2D eigenvalue weighted by Gasteiger charge is 2.38. The van der Waals surface area contributed by atoms with Gasteiger partial charge in [-0.2, -0.15) is 0 Å². The molecule has 10 nitrogen and oxygen atoms in total. The fourth-order valence-electron chi connectivity index (χ4n) is 3.80. The lowest BCUT2D eigenvalue weighted by Gasteiger charge is -2.28. The second-order valence-electron chi connectivity index (χ2n) is 7.95. The van der Waals surface area contributed by atoms with Gasteiger partial charge in [0.15, 0.2) is 5.96 Å². The van der Waals surface area contributed by atoms with E-state index < -0.39 is 41.5 Å². The van der Waals surface area contributed by atoms with Crippen LogP contribution in [0, 0.1) is 5.41 Å². The standard InChI is InChI=1S/C22H31ClN6O4/c23-13-18(30)19(31)16(8-4-10-27-22(25)26)28-20(32)17-9-5-11-29(17)21(33)15(24)12-14-6-2-1-3-7-14/h1-3,6-7,15-17H,4-5,8-13,24H2,(H,28,32)(H4,25,26,27). The number of guanidine groups is 1. The van der Waals surface area contributed by atoms with Gasteiger partial charge in [0.05, 0.1) is 18.0 Å². The van der Waals surface area contributed by atoms with Crippen LogP contribution in [0.4, 0.5) is 0 Å². The topological polar surface area (TPSA) is 171 Å². The zero-order valence-corrected chi connectivity index (χ0v) is 19.1. The van der Waals surface area contributed by atoms with Crippen molar-refractivity contribution in [2.24, 2.45) is 11.5 Å². The van der Waals surface area contributed by atoms with Crippen molar-refractivity contribution in [2.75, 3.05) is 19.0 Å². The van der Waals surface area contributed by atoms with Gasteiger partial charge >= 0.3 is 0 Å². The number of likely N-dealkylation sites (tertiary alicyclic amines) is 1. The van der Waals surface area contributed by atoms with Crippen LogP contribution < -0.4 is 22.1 Å². The monoisotopic (exact) mass is 478 g/mol. The van der Waals surface area contributed by atoms with Gasteiger partial charge < -0.3 is 27.0 Å². The van der Waals surface area contributed by atoms with Crippen LogP contribution in [0.3, 0.4) is 0 Å². The summed E-state index contributed by atoms with van der Waals surface area (Å²) < 4.78 is 0. The summed E-state index contributed by atoms with van der Waals surface area (Å²) in [6.45, 7) is 0.688. The maximum absolute atomic E-state index is 13.0. The zero-order chi connectivity index (χ0) is 24.4. The van der Waals surface area contributed by atoms with E-state index in [0.717, 1.165) is 5.56 Å². The Morgan fingerprint density at radius 3 is 2.55 bits per heavy atom. The number of hydrogen-bond acceptors (Lipinski definition) is 6. The predicted molar refractivity (Wildman–Crippen MR) is 125 cm³/mol. The van der Waals surface area contributed by atoms with Crippen molar-refractivity contribution in [1.29, 1.82) is 5.41 Å². The maximum Gasteiger partial charge on any atom is 0.243 e. The first-order valence-electron chi connectivity index (χ1n) is 10.9. The van der Waals surface area contributed by atoms with Crippen LogP contribution in [-0.4, -0.2) is 71.3 Å². The number of carbonyl (C=O) groups is 4. The van der Waals surface area contributed by atoms with E-state index in [4.69, 9.17) is 28.5 Å². The number of amides is 2. The average molecular weight is 479 g/mol. The Labute approximate surface area is 197 Å². The molecule has 180 valence electrons. The van der Waals surface area contributed by atoms with Gasteiger partial charge in [-0.25, -0.2) is 0 Å². The molecular weight excluding hydrogens is 448 g/mol. The normalized spacial score (nSPS) is 17.2. The quantitative estimate of drug-likeness (QED) is 0.0899. The third kappa shape index (κ3) is 7.83. The van der Waals surface area contributed by atoms with E-state index in [0.29, 0.717) is 38.8 Å². The molecule has 0 saturated carbocycles. The summed E-state index contributed by atoms with van der Waals surface area (Å²) in [6, 6.07) is 6.73. The van der Waals surface area contributed by atoms with E-state index in [9.17, 15) is 19.2 Å². The fraction of sp³-hybridized carbons (Fsp3) is 0.500. The Morgan fingerprint density at radius 1 is 1.21 bits per heavy atom. The van der Waals surface area contributed by atoms with E-state index in [-0.39, 0.29) is 18.3 Å². The second-order valence-corrected chi connectivity index (χ2v) is 8.22. The number of alkyl halides is 1. The van der Waals surface area contributed by atoms with Gasteiger partial charge in [-0.1, -0.05) is 30.3 Å². The van der Waals surface area contributed by atoms with Crippen LogP contribution in [0.2, 0.25) is 0 Å². The summed E-state index contributed by atoms with van der Waals surface area (Å²) >= 11 is 5.52. The molecule has 1 aromatic rings. The molecule has 3 atom stereocenters. The smallest absolute Gasteiger partial charge is 0.243 e. The Morgan fingerprint density at radius 2 is 1.91 bits per heavy atom. The van der Waals surface area contributed by atoms with Crippen LogP contribution in [0.15, 0.2) is 30.3 Å². The van der Waals surface area contributed by atoms with Crippen LogP contribution in [-0.2, 0) is 25.6 Å². The molecule has 33 heavy (non-hydrogen) atoms. The molecule has 1 saturated heterocycles. The summed E-state index contributed by atoms with van der Waals surface area (Å²) in [5, 5.41) is 12.4. The molecule has 0 bridgehead atoms. The number of Topliss-reactive ketones (excluding diaryl/α,β-unsaturated/α-hetero) is 2. The van der Waals surface area contributed by atoms with Gasteiger partial charge in [0.25, 0.3) is 0 Å². The number of ketones is 2. The summed E-state index contributed by atoms with van der Waals surface area (Å²) in [6.07, 6.45) is 1.94. The number of nitrogens with zero attached hydrogens (tertiary/aromatic N) is 1. The predicted octanol–water partition coefficient (Wildman–Crippen LogP) is -0.328. The molecule has 1 heterocycles. The number of carbonyl (C=O) groups excluding carboxylic acids is 4. The highest BCUT2D eigenvalue weighted by Crippen LogP contribution is 2.20. The summed E-state index contributed by atoms with van der Waals surface area (Å²) in [5.41, 5.74) is 12.3. The van der Waals surface area contributed by atoms with Crippen LogP contribution in [0.25, 0.3) is 0 Å². The second kappa shape index (κ2) is 12.9. The first-order valence-corrected chi connectivity index (χ1v) is 11.4. The first-order chi connectivity index (χ1) is 15.7. The minimum absolute atomic E-state index is 0.154. The molecule has 1 aliphatic rings. The fourth-order valence-corrected chi connectivity index (χ4v) is 3.93. The van der Waals surface area contributed by atoms with E-state index in [1.165, 1.54) is 4.90 Å². The first kappa shape index (κ1) is 26.3. The van der Waals surface area contributed by atoms with Crippen molar-refractivity contribution >= 4 is 40.9 Å². The zero-order valence-electron chi connectivity index (χ0n) is 18.4. The molecule has 7 N–H and O–H groups in total. The summed E-state index contributed by atoms with van der Waals surface area (Å²) in [7, 11) is 0. The number of halogens is 1. The molecular formula is C22H31ClN6O4. The third-order valence-electron chi connectivity index (χ3n) is 5.47. The van der Waals surface area contributed by atoms with Gasteiger partial charge in [0.1, 0.15) is 6.04 Å². The van der Waals surface area contributed by atoms with Crippen molar-refractivity contribution in [2.45, 2.75) is 50.2 Å². The van der Waals surface area contributed by atoms with Crippen molar-refractivity contribution in [3.8, 4) is 0 Å². The van der Waals surface area contributed by atoms with Crippen LogP contribution in [0.1, 0.15) is 31.2 Å². The van der Waals surface area contributed by atoms with Gasteiger partial charge in [-0.15, -0.1) is 11.6 Å². The number of nitrogens with one attached hydrogen (secondary N) is 3. The Hall–Kier alpha value is -2.98. The summed E-state index contributed by atoms with van der Waals surface area (Å²) in [5.74, 6) is -3.14. The van der Waals surface area contributed by atoms with Gasteiger partial charge in [-0.05, 0) is 37.7 Å². The number of nitrogens with two attached hydrogens (primary N) is 2. The molecule has 2 amide bonds. The minimum atomic E-state index is -1.08. The lowest BCUT2D eigenvalue weighted by Crippen LogP contribution is -2.55. The highest BCUT2D eigenvalue weighted by molar-refractivity contribution is 6.48. The minimum Gasteiger partial charge on any atom is -0.370 e.